The Bertz CT molecular complexity index is 445. The third kappa shape index (κ3) is 2.79. The molecule has 1 unspecified atom stereocenters. The van der Waals surface area contributed by atoms with Crippen molar-refractivity contribution in [3.05, 3.63) is 29.6 Å². The Hall–Kier alpha value is -1.62. The average Bonchev–Trinajstić information content (AvgIpc) is 2.84. The number of rotatable bonds is 4. The normalized spacial score (nSPS) is 16.9. The molecular formula is C13H17FN2O2. The van der Waals surface area contributed by atoms with Gasteiger partial charge in [-0.3, -0.25) is 4.79 Å². The van der Waals surface area contributed by atoms with Crippen LogP contribution >= 0.6 is 0 Å². The molecule has 0 amide bonds. The molecular weight excluding hydrogens is 235 g/mol. The van der Waals surface area contributed by atoms with Crippen LogP contribution in [0, 0.1) is 5.82 Å². The lowest BCUT2D eigenvalue weighted by molar-refractivity contribution is -0.138. The summed E-state index contributed by atoms with van der Waals surface area (Å²) in [7, 11) is 0. The van der Waals surface area contributed by atoms with Crippen LogP contribution in [0.5, 0.6) is 0 Å². The topological polar surface area (TPSA) is 66.6 Å². The van der Waals surface area contributed by atoms with E-state index in [2.05, 4.69) is 4.90 Å². The largest absolute Gasteiger partial charge is 0.480 e. The van der Waals surface area contributed by atoms with Gasteiger partial charge in [0.1, 0.15) is 11.9 Å². The molecule has 1 aromatic carbocycles. The lowest BCUT2D eigenvalue weighted by Crippen LogP contribution is -2.33. The van der Waals surface area contributed by atoms with Crippen molar-refractivity contribution in [2.45, 2.75) is 25.3 Å². The van der Waals surface area contributed by atoms with E-state index in [1.807, 2.05) is 0 Å². The lowest BCUT2D eigenvalue weighted by atomic mass is 10.0. The van der Waals surface area contributed by atoms with E-state index in [4.69, 9.17) is 10.8 Å². The van der Waals surface area contributed by atoms with Gasteiger partial charge in [-0.25, -0.2) is 4.39 Å². The fourth-order valence-corrected chi connectivity index (χ4v) is 2.29. The van der Waals surface area contributed by atoms with Crippen molar-refractivity contribution in [3.63, 3.8) is 0 Å². The first-order valence-electron chi connectivity index (χ1n) is 6.09. The summed E-state index contributed by atoms with van der Waals surface area (Å²) in [5, 5.41) is 8.84. The van der Waals surface area contributed by atoms with Crippen LogP contribution in [-0.2, 0) is 11.2 Å². The molecule has 1 aromatic rings. The van der Waals surface area contributed by atoms with Gasteiger partial charge in [0, 0.05) is 25.2 Å². The van der Waals surface area contributed by atoms with Crippen molar-refractivity contribution in [1.82, 2.24) is 0 Å². The monoisotopic (exact) mass is 252 g/mol. The Morgan fingerprint density at radius 3 is 2.72 bits per heavy atom. The second kappa shape index (κ2) is 5.35. The van der Waals surface area contributed by atoms with E-state index in [0.29, 0.717) is 0 Å². The standard InChI is InChI=1S/C13H17FN2O2/c14-10-4-3-9(7-11(15)13(17)18)12(8-10)16-5-1-2-6-16/h3-4,8,11H,1-2,5-7,15H2,(H,17,18). The molecule has 18 heavy (non-hydrogen) atoms. The first-order chi connectivity index (χ1) is 8.58. The molecule has 1 fully saturated rings. The van der Waals surface area contributed by atoms with Gasteiger partial charge in [0.2, 0.25) is 0 Å². The molecule has 2 rings (SSSR count). The Morgan fingerprint density at radius 2 is 2.11 bits per heavy atom. The third-order valence-electron chi connectivity index (χ3n) is 3.25. The van der Waals surface area contributed by atoms with Gasteiger partial charge in [0.25, 0.3) is 0 Å². The van der Waals surface area contributed by atoms with Crippen LogP contribution < -0.4 is 10.6 Å². The highest BCUT2D eigenvalue weighted by Gasteiger charge is 2.20. The van der Waals surface area contributed by atoms with Crippen molar-refractivity contribution in [3.8, 4) is 0 Å². The molecule has 0 radical (unpaired) electrons. The molecule has 4 nitrogen and oxygen atoms in total. The molecule has 1 aliphatic heterocycles. The van der Waals surface area contributed by atoms with Crippen molar-refractivity contribution in [1.29, 1.82) is 0 Å². The van der Waals surface area contributed by atoms with E-state index >= 15 is 0 Å². The van der Waals surface area contributed by atoms with E-state index in [0.717, 1.165) is 37.2 Å². The second-order valence-electron chi connectivity index (χ2n) is 4.62. The summed E-state index contributed by atoms with van der Waals surface area (Å²) in [4.78, 5) is 12.9. The Balaban J connectivity index is 2.25. The van der Waals surface area contributed by atoms with Crippen LogP contribution in [0.15, 0.2) is 18.2 Å². The zero-order chi connectivity index (χ0) is 13.1. The number of carbonyl (C=O) groups is 1. The zero-order valence-corrected chi connectivity index (χ0v) is 10.1. The first kappa shape index (κ1) is 12.8. The van der Waals surface area contributed by atoms with Crippen LogP contribution in [0.4, 0.5) is 10.1 Å². The van der Waals surface area contributed by atoms with E-state index in [1.54, 1.807) is 6.07 Å². The van der Waals surface area contributed by atoms with Crippen LogP contribution in [0.1, 0.15) is 18.4 Å². The first-order valence-corrected chi connectivity index (χ1v) is 6.09. The maximum atomic E-state index is 13.3. The molecule has 1 heterocycles. The predicted octanol–water partition coefficient (Wildman–Crippen LogP) is 1.38. The number of nitrogens with two attached hydrogens (primary N) is 1. The SMILES string of the molecule is NC(Cc1ccc(F)cc1N1CCCC1)C(=O)O. The highest BCUT2D eigenvalue weighted by Crippen LogP contribution is 2.26. The summed E-state index contributed by atoms with van der Waals surface area (Å²) >= 11 is 0. The van der Waals surface area contributed by atoms with Crippen LogP contribution in [0.3, 0.4) is 0 Å². The maximum Gasteiger partial charge on any atom is 0.320 e. The summed E-state index contributed by atoms with van der Waals surface area (Å²) in [6.45, 7) is 1.78. The van der Waals surface area contributed by atoms with Crippen molar-refractivity contribution < 1.29 is 14.3 Å². The Kier molecular flexibility index (Phi) is 3.81. The van der Waals surface area contributed by atoms with Crippen molar-refractivity contribution in [2.24, 2.45) is 5.73 Å². The fourth-order valence-electron chi connectivity index (χ4n) is 2.29. The minimum Gasteiger partial charge on any atom is -0.480 e. The number of aliphatic carboxylic acids is 1. The number of anilines is 1. The van der Waals surface area contributed by atoms with Crippen molar-refractivity contribution in [2.75, 3.05) is 18.0 Å². The fraction of sp³-hybridized carbons (Fsp3) is 0.462. The maximum absolute atomic E-state index is 13.3. The molecule has 0 saturated carbocycles. The van der Waals surface area contributed by atoms with Gasteiger partial charge in [-0.1, -0.05) is 6.07 Å². The Labute approximate surface area is 105 Å². The van der Waals surface area contributed by atoms with Gasteiger partial charge < -0.3 is 15.7 Å². The number of carboxylic acids is 1. The molecule has 0 spiro atoms. The zero-order valence-electron chi connectivity index (χ0n) is 10.1. The Morgan fingerprint density at radius 1 is 1.44 bits per heavy atom. The van der Waals surface area contributed by atoms with E-state index < -0.39 is 12.0 Å². The molecule has 1 aliphatic rings. The molecule has 1 atom stereocenters. The molecule has 3 N–H and O–H groups in total. The minimum absolute atomic E-state index is 0.224. The molecule has 98 valence electrons. The second-order valence-corrected chi connectivity index (χ2v) is 4.62. The summed E-state index contributed by atoms with van der Waals surface area (Å²) < 4.78 is 13.3. The molecule has 0 aromatic heterocycles. The smallest absolute Gasteiger partial charge is 0.320 e. The van der Waals surface area contributed by atoms with E-state index in [1.165, 1.54) is 12.1 Å². The number of carboxylic acid groups (broad SMARTS) is 1. The number of hydrogen-bond acceptors (Lipinski definition) is 3. The number of benzene rings is 1. The molecule has 5 heteroatoms. The third-order valence-corrected chi connectivity index (χ3v) is 3.25. The van der Waals surface area contributed by atoms with Crippen LogP contribution in [-0.4, -0.2) is 30.2 Å². The van der Waals surface area contributed by atoms with Crippen molar-refractivity contribution >= 4 is 11.7 Å². The van der Waals surface area contributed by atoms with E-state index in [9.17, 15) is 9.18 Å². The molecule has 1 saturated heterocycles. The molecule has 0 aliphatic carbocycles. The van der Waals surface area contributed by atoms with Crippen LogP contribution in [0.25, 0.3) is 0 Å². The van der Waals surface area contributed by atoms with Gasteiger partial charge in [0.15, 0.2) is 0 Å². The number of nitrogens with zero attached hydrogens (tertiary/aromatic N) is 1. The lowest BCUT2D eigenvalue weighted by Gasteiger charge is -2.22. The quantitative estimate of drug-likeness (QED) is 0.849. The minimum atomic E-state index is -1.04. The summed E-state index contributed by atoms with van der Waals surface area (Å²) in [5.41, 5.74) is 7.12. The highest BCUT2D eigenvalue weighted by molar-refractivity contribution is 5.74. The summed E-state index contributed by atoms with van der Waals surface area (Å²) in [6.07, 6.45) is 2.39. The predicted molar refractivity (Wildman–Crippen MR) is 67.2 cm³/mol. The van der Waals surface area contributed by atoms with Gasteiger partial charge in [-0.15, -0.1) is 0 Å². The highest BCUT2D eigenvalue weighted by atomic mass is 19.1. The summed E-state index contributed by atoms with van der Waals surface area (Å²) in [5.74, 6) is -1.34. The molecule has 0 bridgehead atoms. The average molecular weight is 252 g/mol. The number of hydrogen-bond donors (Lipinski definition) is 2. The number of halogens is 1. The summed E-state index contributed by atoms with van der Waals surface area (Å²) in [6, 6.07) is 3.50. The van der Waals surface area contributed by atoms with E-state index in [-0.39, 0.29) is 12.2 Å². The van der Waals surface area contributed by atoms with Gasteiger partial charge in [-0.2, -0.15) is 0 Å². The van der Waals surface area contributed by atoms with Gasteiger partial charge >= 0.3 is 5.97 Å². The van der Waals surface area contributed by atoms with Gasteiger partial charge in [-0.05, 0) is 30.5 Å². The van der Waals surface area contributed by atoms with Crippen LogP contribution in [0.2, 0.25) is 0 Å². The van der Waals surface area contributed by atoms with Gasteiger partial charge in [0.05, 0.1) is 0 Å².